The summed E-state index contributed by atoms with van der Waals surface area (Å²) in [6.45, 7) is 3.99. The first-order chi connectivity index (χ1) is 18.6. The summed E-state index contributed by atoms with van der Waals surface area (Å²) >= 11 is 0. The lowest BCUT2D eigenvalue weighted by molar-refractivity contribution is -0.200. The van der Waals surface area contributed by atoms with Crippen LogP contribution in [-0.2, 0) is 44.7 Å². The summed E-state index contributed by atoms with van der Waals surface area (Å²) < 4.78 is 10.4. The van der Waals surface area contributed by atoms with E-state index in [2.05, 4.69) is 10.1 Å². The number of ketones is 1. The van der Waals surface area contributed by atoms with Crippen molar-refractivity contribution >= 4 is 47.5 Å². The lowest BCUT2D eigenvalue weighted by atomic mass is 9.89. The van der Waals surface area contributed by atoms with E-state index in [-0.39, 0.29) is 17.7 Å². The van der Waals surface area contributed by atoms with Gasteiger partial charge in [0.15, 0.2) is 11.7 Å². The number of nitrogens with two attached hydrogens (primary N) is 2. The topological polar surface area (TPSA) is 265 Å². The van der Waals surface area contributed by atoms with Gasteiger partial charge in [-0.05, 0) is 11.6 Å². The Hall–Kier alpha value is -4.66. The number of hydrogen-bond acceptors (Lipinski definition) is 11. The van der Waals surface area contributed by atoms with Gasteiger partial charge in [-0.3, -0.25) is 24.9 Å². The second-order valence-corrected chi connectivity index (χ2v) is 9.27. The third-order valence-corrected chi connectivity index (χ3v) is 6.17. The first-order valence-electron chi connectivity index (χ1n) is 11.9. The zero-order valence-electron chi connectivity index (χ0n) is 21.8. The molecule has 0 bridgehead atoms. The number of aliphatic carboxylic acids is 2. The Bertz CT molecular complexity index is 1250. The predicted octanol–water partition coefficient (Wildman–Crippen LogP) is -1.60. The van der Waals surface area contributed by atoms with Gasteiger partial charge in [-0.1, -0.05) is 32.0 Å². The molecule has 5 atom stereocenters. The number of Topliss-reactive ketones (excluding diaryl/α,β-unsaturated/α-hetero) is 1. The second kappa shape index (κ2) is 12.9. The predicted molar refractivity (Wildman–Crippen MR) is 134 cm³/mol. The highest BCUT2D eigenvalue weighted by Crippen LogP contribution is 2.35. The maximum absolute atomic E-state index is 13.8. The molecule has 0 aliphatic carbocycles. The smallest absolute Gasteiger partial charge is 0.350 e. The third-order valence-electron chi connectivity index (χ3n) is 6.17. The minimum Gasteiger partial charge on any atom is -0.481 e. The molecule has 0 spiro atoms. The van der Waals surface area contributed by atoms with Gasteiger partial charge in [0.05, 0.1) is 6.42 Å². The van der Waals surface area contributed by atoms with Crippen LogP contribution in [-0.4, -0.2) is 86.9 Å². The van der Waals surface area contributed by atoms with Crippen molar-refractivity contribution in [2.24, 2.45) is 17.4 Å². The van der Waals surface area contributed by atoms with E-state index >= 15 is 0 Å². The summed E-state index contributed by atoms with van der Waals surface area (Å²) in [5, 5.41) is 21.5. The highest BCUT2D eigenvalue weighted by atomic mass is 16.7. The number of carbonyl (C=O) groups excluding carboxylic acids is 4. The first-order valence-corrected chi connectivity index (χ1v) is 11.9. The maximum atomic E-state index is 13.8. The van der Waals surface area contributed by atoms with Crippen LogP contribution in [0.15, 0.2) is 24.3 Å². The van der Waals surface area contributed by atoms with Crippen molar-refractivity contribution in [3.8, 4) is 0 Å². The van der Waals surface area contributed by atoms with Crippen LogP contribution in [0.1, 0.15) is 32.8 Å². The van der Waals surface area contributed by atoms with Gasteiger partial charge in [0.1, 0.15) is 12.1 Å². The zero-order valence-corrected chi connectivity index (χ0v) is 21.8. The lowest BCUT2D eigenvalue weighted by Crippen LogP contribution is -2.71. The largest absolute Gasteiger partial charge is 0.481 e. The minimum atomic E-state index is -2.42. The van der Waals surface area contributed by atoms with Crippen LogP contribution in [0.3, 0.4) is 0 Å². The molecule has 1 aliphatic heterocycles. The highest BCUT2D eigenvalue weighted by molar-refractivity contribution is 6.29. The fourth-order valence-electron chi connectivity index (χ4n) is 4.13. The maximum Gasteiger partial charge on any atom is 0.350 e. The Labute approximate surface area is 227 Å². The van der Waals surface area contributed by atoms with Crippen LogP contribution in [0.5, 0.6) is 0 Å². The number of anilines is 1. The number of nitrogens with zero attached hydrogens (tertiary/aromatic N) is 3. The first kappa shape index (κ1) is 31.6. The van der Waals surface area contributed by atoms with Crippen LogP contribution in [0.4, 0.5) is 5.69 Å². The average molecular weight is 563 g/mol. The van der Waals surface area contributed by atoms with E-state index in [4.69, 9.17) is 26.5 Å². The molecule has 0 radical (unpaired) electrons. The molecule has 40 heavy (non-hydrogen) atoms. The number of rotatable bonds is 9. The molecule has 1 aromatic rings. The zero-order chi connectivity index (χ0) is 30.4. The number of nitrogens with one attached hydrogen (secondary N) is 1. The van der Waals surface area contributed by atoms with E-state index in [9.17, 15) is 39.0 Å². The van der Waals surface area contributed by atoms with Gasteiger partial charge in [0.25, 0.3) is 12.1 Å². The monoisotopic (exact) mass is 562 g/mol. The van der Waals surface area contributed by atoms with Gasteiger partial charge in [0, 0.05) is 24.9 Å². The number of ether oxygens (including phenoxy) is 2. The molecule has 0 saturated carbocycles. The van der Waals surface area contributed by atoms with E-state index < -0.39 is 78.0 Å². The molecule has 16 heteroatoms. The molecule has 16 nitrogen and oxygen atoms in total. The van der Waals surface area contributed by atoms with Crippen molar-refractivity contribution in [3.63, 3.8) is 0 Å². The van der Waals surface area contributed by atoms with Crippen LogP contribution >= 0.6 is 0 Å². The van der Waals surface area contributed by atoms with Crippen molar-refractivity contribution in [2.75, 3.05) is 4.90 Å². The Morgan fingerprint density at radius 2 is 1.85 bits per heavy atom. The Balaban J connectivity index is 2.99. The van der Waals surface area contributed by atoms with Gasteiger partial charge < -0.3 is 41.2 Å². The Kier molecular flexibility index (Phi) is 10.2. The van der Waals surface area contributed by atoms with E-state index in [0.29, 0.717) is 6.21 Å². The molecule has 2 rings (SSSR count). The van der Waals surface area contributed by atoms with Crippen molar-refractivity contribution in [1.29, 1.82) is 0 Å². The molecular weight excluding hydrogens is 532 g/mol. The molecule has 7 N–H and O–H groups in total. The van der Waals surface area contributed by atoms with Crippen LogP contribution in [0, 0.1) is 5.92 Å². The molecule has 1 aliphatic rings. The summed E-state index contributed by atoms with van der Waals surface area (Å²) in [6, 6.07) is 0.519. The standard InChI is InChI=1S/C24H30N6O10/c1-11(2)24(26)23(38)40-22(19(25)20(35)36)39-21(37)14(29-12(3)31)8-13-6-4-5-7-15(13)30(24)16(9-18(33)34)17(32)10-28-27/h4-7,10-11,14,16,19,22H,8-9,25-26H2,1-3H3,(H,29,31)(H,33,34)(H,35,36). The van der Waals surface area contributed by atoms with E-state index in [1.54, 1.807) is 0 Å². The van der Waals surface area contributed by atoms with Gasteiger partial charge in [-0.2, -0.15) is 4.79 Å². The molecule has 5 unspecified atom stereocenters. The number of hydrogen-bond donors (Lipinski definition) is 5. The number of carbonyl (C=O) groups is 6. The third kappa shape index (κ3) is 6.85. The minimum absolute atomic E-state index is 0.00859. The summed E-state index contributed by atoms with van der Waals surface area (Å²) in [6.07, 6.45) is -3.10. The molecule has 1 aromatic carbocycles. The number of fused-ring (bicyclic) bond motifs is 1. The Morgan fingerprint density at radius 3 is 2.38 bits per heavy atom. The van der Waals surface area contributed by atoms with E-state index in [1.165, 1.54) is 38.1 Å². The molecular formula is C24H30N6O10. The van der Waals surface area contributed by atoms with Crippen LogP contribution in [0.25, 0.3) is 5.53 Å². The molecule has 216 valence electrons. The van der Waals surface area contributed by atoms with Crippen molar-refractivity contribution in [2.45, 2.75) is 63.7 Å². The Morgan fingerprint density at radius 1 is 1.23 bits per heavy atom. The number of amides is 1. The van der Waals surface area contributed by atoms with Gasteiger partial charge in [-0.15, -0.1) is 0 Å². The van der Waals surface area contributed by atoms with Crippen molar-refractivity contribution in [3.05, 3.63) is 35.4 Å². The SMILES string of the molecule is CC(=O)NC1Cc2ccccc2N(C(CC(=O)O)C(=O)C=[N+]=[N-])C(N)(C(C)C)C(=O)OC(C(N)C(=O)O)OC1=O. The summed E-state index contributed by atoms with van der Waals surface area (Å²) in [7, 11) is 0. The molecule has 1 heterocycles. The van der Waals surface area contributed by atoms with Crippen LogP contribution in [0.2, 0.25) is 0 Å². The molecule has 0 aromatic heterocycles. The number of para-hydroxylation sites is 1. The molecule has 0 fully saturated rings. The van der Waals surface area contributed by atoms with Crippen molar-refractivity contribution in [1.82, 2.24) is 5.32 Å². The number of carboxylic acid groups (broad SMARTS) is 2. The number of benzene rings is 1. The molecule has 1 amide bonds. The molecule has 0 saturated heterocycles. The average Bonchev–Trinajstić information content (AvgIpc) is 2.87. The highest BCUT2D eigenvalue weighted by Gasteiger charge is 2.53. The summed E-state index contributed by atoms with van der Waals surface area (Å²) in [5.74, 6) is -8.55. The fourth-order valence-corrected chi connectivity index (χ4v) is 4.13. The summed E-state index contributed by atoms with van der Waals surface area (Å²) in [5.41, 5.74) is 19.1. The number of esters is 2. The quantitative estimate of drug-likeness (QED) is 0.0983. The lowest BCUT2D eigenvalue weighted by Gasteiger charge is -2.46. The normalized spacial score (nSPS) is 22.8. The number of cyclic esters (lactones) is 2. The number of carboxylic acids is 2. The van der Waals surface area contributed by atoms with E-state index in [0.717, 1.165) is 11.8 Å². The van der Waals surface area contributed by atoms with Gasteiger partial charge >= 0.3 is 30.1 Å². The van der Waals surface area contributed by atoms with Gasteiger partial charge in [0.2, 0.25) is 5.91 Å². The van der Waals surface area contributed by atoms with Crippen LogP contribution < -0.4 is 21.7 Å². The summed E-state index contributed by atoms with van der Waals surface area (Å²) in [4.78, 5) is 79.0. The fraction of sp³-hybridized carbons (Fsp3) is 0.458. The van der Waals surface area contributed by atoms with Crippen molar-refractivity contribution < 1.29 is 53.2 Å². The van der Waals surface area contributed by atoms with E-state index in [1.807, 2.05) is 0 Å². The second-order valence-electron chi connectivity index (χ2n) is 9.27. The van der Waals surface area contributed by atoms with Gasteiger partial charge in [-0.25, -0.2) is 9.59 Å².